The highest BCUT2D eigenvalue weighted by molar-refractivity contribution is 7.89. The molecule has 1 amide bonds. The normalized spacial score (nSPS) is 17.7. The molecule has 1 heterocycles. The summed E-state index contributed by atoms with van der Waals surface area (Å²) >= 11 is 0. The third kappa shape index (κ3) is 5.41. The summed E-state index contributed by atoms with van der Waals surface area (Å²) in [4.78, 5) is 15.0. The first-order valence-corrected chi connectivity index (χ1v) is 13.8. The largest absolute Gasteiger partial charge is 0.370 e. The topological polar surface area (TPSA) is 78.5 Å². The van der Waals surface area contributed by atoms with Crippen LogP contribution in [0.2, 0.25) is 0 Å². The van der Waals surface area contributed by atoms with Gasteiger partial charge in [-0.25, -0.2) is 13.1 Å². The maximum Gasteiger partial charge on any atom is 0.243 e. The van der Waals surface area contributed by atoms with Gasteiger partial charge < -0.3 is 10.2 Å². The van der Waals surface area contributed by atoms with E-state index in [1.807, 2.05) is 54.6 Å². The van der Waals surface area contributed by atoms with Crippen molar-refractivity contribution in [2.24, 2.45) is 0 Å². The number of anilines is 2. The van der Waals surface area contributed by atoms with Crippen LogP contribution >= 0.6 is 0 Å². The van der Waals surface area contributed by atoms with Crippen molar-refractivity contribution in [2.75, 3.05) is 23.3 Å². The van der Waals surface area contributed by atoms with E-state index in [9.17, 15) is 13.2 Å². The second-order valence-electron chi connectivity index (χ2n) is 9.35. The first-order valence-electron chi connectivity index (χ1n) is 12.3. The minimum atomic E-state index is -3.83. The fraction of sp³-hybridized carbons (Fsp3) is 0.321. The van der Waals surface area contributed by atoms with Crippen LogP contribution in [-0.2, 0) is 27.7 Å². The number of hydrogen-bond donors (Lipinski definition) is 2. The van der Waals surface area contributed by atoms with Crippen molar-refractivity contribution in [1.82, 2.24) is 4.72 Å². The average molecular weight is 490 g/mol. The average Bonchev–Trinajstić information content (AvgIpc) is 3.40. The molecule has 3 aromatic rings. The van der Waals surface area contributed by atoms with E-state index in [1.54, 1.807) is 12.1 Å². The van der Waals surface area contributed by atoms with Crippen LogP contribution in [0.5, 0.6) is 0 Å². The molecule has 0 radical (unpaired) electrons. The van der Waals surface area contributed by atoms with Crippen molar-refractivity contribution in [3.8, 4) is 0 Å². The maximum absolute atomic E-state index is 13.8. The third-order valence-corrected chi connectivity index (χ3v) is 8.36. The summed E-state index contributed by atoms with van der Waals surface area (Å²) in [7, 11) is -3.83. The van der Waals surface area contributed by atoms with E-state index in [-0.39, 0.29) is 23.3 Å². The number of aryl methyl sites for hydroxylation is 1. The fourth-order valence-electron chi connectivity index (χ4n) is 5.14. The van der Waals surface area contributed by atoms with Crippen LogP contribution in [0.15, 0.2) is 77.7 Å². The Morgan fingerprint density at radius 2 is 1.66 bits per heavy atom. The van der Waals surface area contributed by atoms with Crippen LogP contribution in [-0.4, -0.2) is 27.4 Å². The first-order chi connectivity index (χ1) is 17.0. The molecule has 182 valence electrons. The number of amides is 1. The Morgan fingerprint density at radius 3 is 2.46 bits per heavy atom. The van der Waals surface area contributed by atoms with Crippen molar-refractivity contribution in [3.05, 3.63) is 89.5 Å². The monoisotopic (exact) mass is 489 g/mol. The van der Waals surface area contributed by atoms with E-state index >= 15 is 0 Å². The zero-order valence-corrected chi connectivity index (χ0v) is 20.6. The summed E-state index contributed by atoms with van der Waals surface area (Å²) in [5.41, 5.74) is 4.34. The van der Waals surface area contributed by atoms with Crippen molar-refractivity contribution >= 4 is 27.3 Å². The quantitative estimate of drug-likeness (QED) is 0.499. The van der Waals surface area contributed by atoms with Crippen LogP contribution in [0.3, 0.4) is 0 Å². The predicted octanol–water partition coefficient (Wildman–Crippen LogP) is 4.82. The highest BCUT2D eigenvalue weighted by atomic mass is 32.2. The molecule has 7 heteroatoms. The van der Waals surface area contributed by atoms with E-state index in [4.69, 9.17) is 0 Å². The molecule has 0 saturated carbocycles. The lowest BCUT2D eigenvalue weighted by atomic mass is 9.88. The van der Waals surface area contributed by atoms with Crippen molar-refractivity contribution < 1.29 is 13.2 Å². The Hall–Kier alpha value is -3.16. The number of fused-ring (bicyclic) bond motifs is 1. The highest BCUT2D eigenvalue weighted by Gasteiger charge is 2.29. The van der Waals surface area contributed by atoms with Crippen molar-refractivity contribution in [2.45, 2.75) is 49.5 Å². The summed E-state index contributed by atoms with van der Waals surface area (Å²) in [6.07, 6.45) is 4.99. The molecule has 1 aliphatic carbocycles. The molecule has 2 aliphatic rings. The van der Waals surface area contributed by atoms with Gasteiger partial charge in [0.25, 0.3) is 0 Å². The van der Waals surface area contributed by atoms with Crippen LogP contribution < -0.4 is 14.9 Å². The van der Waals surface area contributed by atoms with Gasteiger partial charge >= 0.3 is 0 Å². The van der Waals surface area contributed by atoms with E-state index in [0.717, 1.165) is 56.3 Å². The molecule has 0 aromatic heterocycles. The van der Waals surface area contributed by atoms with Gasteiger partial charge in [0.05, 0.1) is 12.1 Å². The number of hydrogen-bond acceptors (Lipinski definition) is 4. The molecule has 0 spiro atoms. The lowest BCUT2D eigenvalue weighted by molar-refractivity contribution is -0.115. The summed E-state index contributed by atoms with van der Waals surface area (Å²) in [6.45, 7) is 1.66. The SMILES string of the molecule is O=C(Cc1ccccc1)Nc1ccc(N2CCCC2)c(S(=O)(=O)N[C@@H]2CCCc3ccccc32)c1. The minimum Gasteiger partial charge on any atom is -0.370 e. The molecule has 3 aromatic carbocycles. The Balaban J connectivity index is 1.43. The summed E-state index contributed by atoms with van der Waals surface area (Å²) in [5.74, 6) is -0.178. The molecule has 35 heavy (non-hydrogen) atoms. The maximum atomic E-state index is 13.8. The predicted molar refractivity (Wildman–Crippen MR) is 139 cm³/mol. The molecular formula is C28H31N3O3S. The minimum absolute atomic E-state index is 0.178. The Morgan fingerprint density at radius 1 is 0.914 bits per heavy atom. The third-order valence-electron chi connectivity index (χ3n) is 6.85. The number of carbonyl (C=O) groups excluding carboxylic acids is 1. The Bertz CT molecular complexity index is 1300. The van der Waals surface area contributed by atoms with Crippen LogP contribution in [0.4, 0.5) is 11.4 Å². The Labute approximate surface area is 207 Å². The van der Waals surface area contributed by atoms with E-state index in [0.29, 0.717) is 11.4 Å². The van der Waals surface area contributed by atoms with Gasteiger partial charge in [-0.15, -0.1) is 0 Å². The van der Waals surface area contributed by atoms with Crippen LogP contribution in [0.25, 0.3) is 0 Å². The molecule has 1 saturated heterocycles. The van der Waals surface area contributed by atoms with E-state index in [2.05, 4.69) is 21.0 Å². The molecule has 5 rings (SSSR count). The number of nitrogens with one attached hydrogen (secondary N) is 2. The lowest BCUT2D eigenvalue weighted by Gasteiger charge is -2.28. The molecule has 0 bridgehead atoms. The van der Waals surface area contributed by atoms with Gasteiger partial charge in [0.1, 0.15) is 4.90 Å². The second kappa shape index (κ2) is 10.2. The fourth-order valence-corrected chi connectivity index (χ4v) is 6.64. The highest BCUT2D eigenvalue weighted by Crippen LogP contribution is 2.35. The van der Waals surface area contributed by atoms with Crippen LogP contribution in [0, 0.1) is 0 Å². The lowest BCUT2D eigenvalue weighted by Crippen LogP contribution is -2.32. The van der Waals surface area contributed by atoms with Crippen molar-refractivity contribution in [3.63, 3.8) is 0 Å². The summed E-state index contributed by atoms with van der Waals surface area (Å²) < 4.78 is 30.5. The molecule has 1 fully saturated rings. The van der Waals surface area contributed by atoms with Gasteiger partial charge in [-0.2, -0.15) is 0 Å². The second-order valence-corrected chi connectivity index (χ2v) is 11.0. The standard InChI is InChI=1S/C28H31N3O3S/c32-28(19-21-9-2-1-3-10-21)29-23-15-16-26(31-17-6-7-18-31)27(20-23)35(33,34)30-25-14-8-12-22-11-4-5-13-24(22)25/h1-5,9-11,13,15-16,20,25,30H,6-8,12,14,17-19H2,(H,29,32)/t25-/m1/s1. The van der Waals surface area contributed by atoms with Crippen molar-refractivity contribution in [1.29, 1.82) is 0 Å². The molecular weight excluding hydrogens is 458 g/mol. The molecule has 2 N–H and O–H groups in total. The number of nitrogens with zero attached hydrogens (tertiary/aromatic N) is 1. The van der Waals surface area contributed by atoms with E-state index in [1.165, 1.54) is 5.56 Å². The summed E-state index contributed by atoms with van der Waals surface area (Å²) in [6, 6.07) is 22.5. The number of benzene rings is 3. The van der Waals surface area contributed by atoms with Gasteiger partial charge in [0.15, 0.2) is 0 Å². The van der Waals surface area contributed by atoms with Crippen LogP contribution in [0.1, 0.15) is 48.4 Å². The number of sulfonamides is 1. The zero-order chi connectivity index (χ0) is 24.3. The first kappa shape index (κ1) is 23.6. The van der Waals surface area contributed by atoms with Gasteiger partial charge in [0.2, 0.25) is 15.9 Å². The van der Waals surface area contributed by atoms with Gasteiger partial charge in [0, 0.05) is 24.8 Å². The molecule has 1 aliphatic heterocycles. The smallest absolute Gasteiger partial charge is 0.243 e. The van der Waals surface area contributed by atoms with E-state index < -0.39 is 10.0 Å². The molecule has 0 unspecified atom stereocenters. The molecule has 1 atom stereocenters. The summed E-state index contributed by atoms with van der Waals surface area (Å²) in [5, 5.41) is 2.89. The number of carbonyl (C=O) groups is 1. The van der Waals surface area contributed by atoms with Gasteiger partial charge in [-0.3, -0.25) is 4.79 Å². The van der Waals surface area contributed by atoms with Gasteiger partial charge in [-0.05, 0) is 67.0 Å². The zero-order valence-electron chi connectivity index (χ0n) is 19.7. The van der Waals surface area contributed by atoms with Gasteiger partial charge in [-0.1, -0.05) is 54.6 Å². The number of rotatable bonds is 7. The molecule has 6 nitrogen and oxygen atoms in total. The Kier molecular flexibility index (Phi) is 6.88.